The second-order valence-corrected chi connectivity index (χ2v) is 6.77. The van der Waals surface area contributed by atoms with E-state index in [-0.39, 0.29) is 0 Å². The summed E-state index contributed by atoms with van der Waals surface area (Å²) >= 11 is 7.81. The second kappa shape index (κ2) is 4.25. The van der Waals surface area contributed by atoms with Gasteiger partial charge in [-0.3, -0.25) is 5.41 Å². The van der Waals surface area contributed by atoms with Crippen molar-refractivity contribution in [1.82, 2.24) is 5.32 Å². The molecule has 1 atom stereocenters. The van der Waals surface area contributed by atoms with Crippen molar-refractivity contribution >= 4 is 28.8 Å². The van der Waals surface area contributed by atoms with Gasteiger partial charge in [0.2, 0.25) is 0 Å². The third kappa shape index (κ3) is 1.78. The molecule has 3 rings (SSSR count). The molecule has 1 spiro atoms. The van der Waals surface area contributed by atoms with Crippen LogP contribution in [0, 0.1) is 10.8 Å². The zero-order chi connectivity index (χ0) is 11.9. The molecule has 4 heteroatoms. The van der Waals surface area contributed by atoms with Crippen LogP contribution in [0.25, 0.3) is 0 Å². The van der Waals surface area contributed by atoms with Crippen molar-refractivity contribution in [3.63, 3.8) is 0 Å². The molecule has 2 N–H and O–H groups in total. The van der Waals surface area contributed by atoms with Crippen molar-refractivity contribution in [3.05, 3.63) is 26.9 Å². The van der Waals surface area contributed by atoms with E-state index in [2.05, 4.69) is 17.3 Å². The van der Waals surface area contributed by atoms with Gasteiger partial charge >= 0.3 is 0 Å². The van der Waals surface area contributed by atoms with Crippen LogP contribution in [0.2, 0.25) is 4.34 Å². The first-order valence-corrected chi connectivity index (χ1v) is 7.19. The summed E-state index contributed by atoms with van der Waals surface area (Å²) in [5.74, 6) is 2.85. The van der Waals surface area contributed by atoms with E-state index in [0.717, 1.165) is 23.8 Å². The molecule has 0 amide bonds. The Labute approximate surface area is 110 Å². The zero-order valence-electron chi connectivity index (χ0n) is 9.55. The molecule has 1 aromatic rings. The molecule has 17 heavy (non-hydrogen) atoms. The highest BCUT2D eigenvalue weighted by Crippen LogP contribution is 2.55. The summed E-state index contributed by atoms with van der Waals surface area (Å²) in [4.78, 5) is 1.42. The maximum atomic E-state index is 7.27. The highest BCUT2D eigenvalue weighted by Gasteiger charge is 2.46. The summed E-state index contributed by atoms with van der Waals surface area (Å²) in [7, 11) is 0. The number of piperidine rings is 1. The lowest BCUT2D eigenvalue weighted by molar-refractivity contribution is 0.194. The lowest BCUT2D eigenvalue weighted by Crippen LogP contribution is -2.39. The highest BCUT2D eigenvalue weighted by atomic mass is 35.5. The van der Waals surface area contributed by atoms with Gasteiger partial charge in [0.1, 0.15) is 0 Å². The van der Waals surface area contributed by atoms with Gasteiger partial charge in [-0.1, -0.05) is 11.6 Å². The Morgan fingerprint density at radius 3 is 3.00 bits per heavy atom. The molecule has 0 aromatic carbocycles. The molecule has 0 radical (unpaired) electrons. The van der Waals surface area contributed by atoms with Crippen molar-refractivity contribution in [3.8, 4) is 0 Å². The topological polar surface area (TPSA) is 35.9 Å². The van der Waals surface area contributed by atoms with Crippen molar-refractivity contribution in [2.75, 3.05) is 13.1 Å². The molecular weight excluding hydrogens is 252 g/mol. The van der Waals surface area contributed by atoms with Crippen LogP contribution in [0.1, 0.15) is 29.2 Å². The molecule has 1 fully saturated rings. The first-order chi connectivity index (χ1) is 8.25. The van der Waals surface area contributed by atoms with Crippen LogP contribution in [0.5, 0.6) is 0 Å². The largest absolute Gasteiger partial charge is 0.317 e. The number of rotatable bonds is 1. The van der Waals surface area contributed by atoms with Gasteiger partial charge in [-0.25, -0.2) is 0 Å². The van der Waals surface area contributed by atoms with Gasteiger partial charge in [-0.05, 0) is 61.3 Å². The van der Waals surface area contributed by atoms with E-state index in [0.29, 0.717) is 11.3 Å². The third-order valence-corrected chi connectivity index (χ3v) is 5.45. The minimum absolute atomic E-state index is 0.324. The Bertz CT molecular complexity index is 482. The Balaban J connectivity index is 2.03. The van der Waals surface area contributed by atoms with Crippen molar-refractivity contribution in [2.45, 2.75) is 25.2 Å². The van der Waals surface area contributed by atoms with E-state index < -0.39 is 0 Å². The van der Waals surface area contributed by atoms with Gasteiger partial charge in [0.25, 0.3) is 0 Å². The fraction of sp³-hybridized carbons (Fsp3) is 0.538. The van der Waals surface area contributed by atoms with E-state index in [1.807, 2.05) is 6.08 Å². The molecule has 2 heterocycles. The highest BCUT2D eigenvalue weighted by molar-refractivity contribution is 7.16. The first kappa shape index (κ1) is 11.5. The summed E-state index contributed by atoms with van der Waals surface area (Å²) in [6, 6.07) is 2.09. The standard InChI is InChI=1S/C13H15ClN2S/c14-12-7-9-10(1-4-15)13(8-11(9)17-12)2-5-16-6-3-13/h1,7,10,15-16H,2-3,5-6,8H2. The van der Waals surface area contributed by atoms with Crippen LogP contribution < -0.4 is 5.32 Å². The van der Waals surface area contributed by atoms with E-state index >= 15 is 0 Å². The maximum Gasteiger partial charge on any atom is 0.0934 e. The van der Waals surface area contributed by atoms with Crippen molar-refractivity contribution in [1.29, 1.82) is 5.41 Å². The van der Waals surface area contributed by atoms with Crippen LogP contribution >= 0.6 is 22.9 Å². The van der Waals surface area contributed by atoms with Gasteiger partial charge in [-0.15, -0.1) is 11.3 Å². The fourth-order valence-corrected chi connectivity index (χ4v) is 4.81. The number of thiophene rings is 1. The van der Waals surface area contributed by atoms with E-state index in [1.165, 1.54) is 23.3 Å². The molecular formula is C13H15ClN2S. The summed E-state index contributed by atoms with van der Waals surface area (Å²) in [6.07, 6.45) is 5.44. The Morgan fingerprint density at radius 1 is 1.53 bits per heavy atom. The molecule has 1 aromatic heterocycles. The molecule has 1 unspecified atom stereocenters. The SMILES string of the molecule is N=C=CC1c2cc(Cl)sc2CC12CCNCC2. The Morgan fingerprint density at radius 2 is 2.29 bits per heavy atom. The summed E-state index contributed by atoms with van der Waals surface area (Å²) in [5, 5.41) is 10.7. The van der Waals surface area contributed by atoms with Gasteiger partial charge < -0.3 is 5.32 Å². The van der Waals surface area contributed by atoms with Gasteiger partial charge in [0, 0.05) is 10.8 Å². The quantitative estimate of drug-likeness (QED) is 0.753. The van der Waals surface area contributed by atoms with Gasteiger partial charge in [0.05, 0.1) is 4.34 Å². The smallest absolute Gasteiger partial charge is 0.0934 e. The van der Waals surface area contributed by atoms with Crippen molar-refractivity contribution < 1.29 is 0 Å². The minimum Gasteiger partial charge on any atom is -0.317 e. The number of allylic oxidation sites excluding steroid dienone is 1. The lowest BCUT2D eigenvalue weighted by Gasteiger charge is -2.38. The van der Waals surface area contributed by atoms with Crippen LogP contribution in [0.4, 0.5) is 0 Å². The number of hydrogen-bond donors (Lipinski definition) is 2. The van der Waals surface area contributed by atoms with Crippen molar-refractivity contribution in [2.24, 2.45) is 5.41 Å². The van der Waals surface area contributed by atoms with Crippen LogP contribution in [-0.2, 0) is 6.42 Å². The van der Waals surface area contributed by atoms with E-state index in [1.54, 1.807) is 11.3 Å². The van der Waals surface area contributed by atoms with Crippen LogP contribution in [0.15, 0.2) is 12.1 Å². The number of halogens is 1. The number of hydrogen-bond acceptors (Lipinski definition) is 3. The van der Waals surface area contributed by atoms with Gasteiger partial charge in [-0.2, -0.15) is 0 Å². The summed E-state index contributed by atoms with van der Waals surface area (Å²) in [6.45, 7) is 2.18. The average molecular weight is 267 g/mol. The summed E-state index contributed by atoms with van der Waals surface area (Å²) in [5.41, 5.74) is 1.67. The monoisotopic (exact) mass is 266 g/mol. The molecule has 2 nitrogen and oxygen atoms in total. The first-order valence-electron chi connectivity index (χ1n) is 6.00. The molecule has 0 bridgehead atoms. The number of fused-ring (bicyclic) bond motifs is 1. The van der Waals surface area contributed by atoms with E-state index in [9.17, 15) is 0 Å². The molecule has 2 aliphatic rings. The Kier molecular flexibility index (Phi) is 2.87. The Hall–Kier alpha value is -0.600. The molecule has 1 aliphatic carbocycles. The van der Waals surface area contributed by atoms with E-state index in [4.69, 9.17) is 17.0 Å². The molecule has 90 valence electrons. The fourth-order valence-electron chi connectivity index (χ4n) is 3.33. The summed E-state index contributed by atoms with van der Waals surface area (Å²) < 4.78 is 0.877. The maximum absolute atomic E-state index is 7.27. The molecule has 1 saturated heterocycles. The predicted octanol–water partition coefficient (Wildman–Crippen LogP) is 3.22. The third-order valence-electron chi connectivity index (χ3n) is 4.17. The van der Waals surface area contributed by atoms with Crippen LogP contribution in [-0.4, -0.2) is 19.0 Å². The second-order valence-electron chi connectivity index (χ2n) is 5.01. The lowest BCUT2D eigenvalue weighted by atomic mass is 9.70. The molecule has 0 saturated carbocycles. The zero-order valence-corrected chi connectivity index (χ0v) is 11.1. The molecule has 1 aliphatic heterocycles. The van der Waals surface area contributed by atoms with Gasteiger partial charge in [0.15, 0.2) is 0 Å². The minimum atomic E-state index is 0.324. The number of nitrogens with one attached hydrogen (secondary N) is 2. The normalized spacial score (nSPS) is 25.6. The van der Waals surface area contributed by atoms with Crippen LogP contribution in [0.3, 0.4) is 0 Å². The average Bonchev–Trinajstić information content (AvgIpc) is 2.78. The predicted molar refractivity (Wildman–Crippen MR) is 72.6 cm³/mol.